The lowest BCUT2D eigenvalue weighted by Gasteiger charge is -2.12. The number of nitrogens with one attached hydrogen (secondary N) is 2. The van der Waals surface area contributed by atoms with Crippen molar-refractivity contribution in [3.05, 3.63) is 83.4 Å². The molecule has 0 bridgehead atoms. The molecule has 0 saturated heterocycles. The van der Waals surface area contributed by atoms with E-state index in [1.807, 2.05) is 0 Å². The number of aryl methyl sites for hydroxylation is 1. The van der Waals surface area contributed by atoms with Crippen molar-refractivity contribution in [2.45, 2.75) is 12.8 Å². The lowest BCUT2D eigenvalue weighted by atomic mass is 10.1. The van der Waals surface area contributed by atoms with Crippen LogP contribution in [0.15, 0.2) is 60.7 Å². The van der Waals surface area contributed by atoms with E-state index >= 15 is 0 Å². The van der Waals surface area contributed by atoms with Gasteiger partial charge in [0, 0.05) is 18.2 Å². The molecular formula is C23H18F2N2O4. The van der Waals surface area contributed by atoms with Crippen LogP contribution in [0.5, 0.6) is 11.5 Å². The minimum Gasteiger partial charge on any atom is -0.454 e. The van der Waals surface area contributed by atoms with E-state index in [0.717, 1.165) is 12.1 Å². The van der Waals surface area contributed by atoms with Crippen LogP contribution in [0.3, 0.4) is 0 Å². The molecule has 4 rings (SSSR count). The zero-order chi connectivity index (χ0) is 21.8. The largest absolute Gasteiger partial charge is 0.454 e. The highest BCUT2D eigenvalue weighted by atomic mass is 19.2. The number of carbonyl (C=O) groups excluding carboxylic acids is 2. The highest BCUT2D eigenvalue weighted by Gasteiger charge is 2.17. The van der Waals surface area contributed by atoms with Crippen molar-refractivity contribution in [1.29, 1.82) is 0 Å². The van der Waals surface area contributed by atoms with Crippen LogP contribution in [0.1, 0.15) is 22.3 Å². The van der Waals surface area contributed by atoms with Crippen molar-refractivity contribution in [1.82, 2.24) is 0 Å². The van der Waals surface area contributed by atoms with E-state index in [9.17, 15) is 18.4 Å². The van der Waals surface area contributed by atoms with E-state index < -0.39 is 17.5 Å². The number of fused-ring (bicyclic) bond motifs is 1. The van der Waals surface area contributed by atoms with Crippen molar-refractivity contribution in [3.63, 3.8) is 0 Å². The summed E-state index contributed by atoms with van der Waals surface area (Å²) in [4.78, 5) is 25.1. The quantitative estimate of drug-likeness (QED) is 0.610. The first kappa shape index (κ1) is 20.3. The number of amides is 2. The maximum absolute atomic E-state index is 13.3. The summed E-state index contributed by atoms with van der Waals surface area (Å²) in [7, 11) is 0. The highest BCUT2D eigenvalue weighted by molar-refractivity contribution is 6.10. The molecule has 3 aromatic rings. The molecule has 0 unspecified atom stereocenters. The number of hydrogen-bond donors (Lipinski definition) is 2. The lowest BCUT2D eigenvalue weighted by Crippen LogP contribution is -2.18. The Kier molecular flexibility index (Phi) is 5.79. The number of benzene rings is 3. The Bertz CT molecular complexity index is 1150. The molecular weight excluding hydrogens is 406 g/mol. The first-order valence-corrected chi connectivity index (χ1v) is 9.53. The van der Waals surface area contributed by atoms with Crippen molar-refractivity contribution in [3.8, 4) is 11.5 Å². The van der Waals surface area contributed by atoms with Gasteiger partial charge in [-0.15, -0.1) is 0 Å². The summed E-state index contributed by atoms with van der Waals surface area (Å²) < 4.78 is 36.9. The van der Waals surface area contributed by atoms with E-state index in [4.69, 9.17) is 9.47 Å². The summed E-state index contributed by atoms with van der Waals surface area (Å²) in [6, 6.07) is 15.2. The second-order valence-electron chi connectivity index (χ2n) is 6.86. The third-order valence-electron chi connectivity index (χ3n) is 4.70. The molecule has 1 heterocycles. The number of hydrogen-bond acceptors (Lipinski definition) is 4. The number of para-hydroxylation sites is 1. The van der Waals surface area contributed by atoms with Gasteiger partial charge in [0.25, 0.3) is 5.91 Å². The number of halogens is 2. The van der Waals surface area contributed by atoms with E-state index in [2.05, 4.69) is 10.6 Å². The molecule has 0 aromatic heterocycles. The van der Waals surface area contributed by atoms with E-state index in [1.165, 1.54) is 6.07 Å². The van der Waals surface area contributed by atoms with Gasteiger partial charge in [-0.25, -0.2) is 8.78 Å². The maximum Gasteiger partial charge on any atom is 0.257 e. The fourth-order valence-corrected chi connectivity index (χ4v) is 3.13. The summed E-state index contributed by atoms with van der Waals surface area (Å²) in [5.74, 6) is -1.51. The van der Waals surface area contributed by atoms with Gasteiger partial charge >= 0.3 is 0 Å². The topological polar surface area (TPSA) is 76.7 Å². The Morgan fingerprint density at radius 1 is 0.871 bits per heavy atom. The van der Waals surface area contributed by atoms with Crippen molar-refractivity contribution in [2.24, 2.45) is 0 Å². The van der Waals surface area contributed by atoms with Crippen LogP contribution in [0.2, 0.25) is 0 Å². The third-order valence-corrected chi connectivity index (χ3v) is 4.70. The summed E-state index contributed by atoms with van der Waals surface area (Å²) >= 11 is 0. The number of rotatable bonds is 6. The Labute approximate surface area is 176 Å². The average Bonchev–Trinajstić information content (AvgIpc) is 3.23. The Hall–Kier alpha value is -3.94. The van der Waals surface area contributed by atoms with Crippen LogP contribution < -0.4 is 20.1 Å². The van der Waals surface area contributed by atoms with Crippen LogP contribution >= 0.6 is 0 Å². The molecule has 0 radical (unpaired) electrons. The van der Waals surface area contributed by atoms with Gasteiger partial charge in [-0.2, -0.15) is 0 Å². The Morgan fingerprint density at radius 2 is 1.68 bits per heavy atom. The predicted octanol–water partition coefficient (Wildman–Crippen LogP) is 4.52. The second-order valence-corrected chi connectivity index (χ2v) is 6.86. The first-order chi connectivity index (χ1) is 15.0. The first-order valence-electron chi connectivity index (χ1n) is 9.53. The predicted molar refractivity (Wildman–Crippen MR) is 110 cm³/mol. The molecule has 158 valence electrons. The van der Waals surface area contributed by atoms with Crippen molar-refractivity contribution in [2.75, 3.05) is 17.4 Å². The van der Waals surface area contributed by atoms with Gasteiger partial charge in [0.05, 0.1) is 11.3 Å². The number of anilines is 2. The molecule has 0 fully saturated rings. The van der Waals surface area contributed by atoms with Crippen LogP contribution in [-0.2, 0) is 11.2 Å². The van der Waals surface area contributed by atoms with Crippen LogP contribution in [0.4, 0.5) is 20.2 Å². The zero-order valence-corrected chi connectivity index (χ0v) is 16.3. The summed E-state index contributed by atoms with van der Waals surface area (Å²) in [6.07, 6.45) is 0.276. The van der Waals surface area contributed by atoms with Crippen LogP contribution in [-0.4, -0.2) is 18.6 Å². The monoisotopic (exact) mass is 424 g/mol. The van der Waals surface area contributed by atoms with Crippen LogP contribution in [0, 0.1) is 11.6 Å². The fourth-order valence-electron chi connectivity index (χ4n) is 3.13. The van der Waals surface area contributed by atoms with Gasteiger partial charge < -0.3 is 20.1 Å². The van der Waals surface area contributed by atoms with Gasteiger partial charge in [-0.3, -0.25) is 9.59 Å². The smallest absolute Gasteiger partial charge is 0.257 e. The second kappa shape index (κ2) is 8.83. The van der Waals surface area contributed by atoms with Gasteiger partial charge in [0.2, 0.25) is 12.7 Å². The summed E-state index contributed by atoms with van der Waals surface area (Å²) in [5.41, 5.74) is 1.65. The maximum atomic E-state index is 13.3. The molecule has 2 amide bonds. The third kappa shape index (κ3) is 4.80. The van der Waals surface area contributed by atoms with Gasteiger partial charge in [0.1, 0.15) is 0 Å². The summed E-state index contributed by atoms with van der Waals surface area (Å²) in [6.45, 7) is 0.131. The standard InChI is InChI=1S/C23H18F2N2O4/c24-17-8-5-14(11-18(17)25)6-10-22(28)27-19-4-2-1-3-16(19)23(29)26-15-7-9-20-21(12-15)31-13-30-20/h1-5,7-9,11-12H,6,10,13H2,(H,26,29)(H,27,28). The zero-order valence-electron chi connectivity index (χ0n) is 16.3. The Balaban J connectivity index is 1.41. The fraction of sp³-hybridized carbons (Fsp3) is 0.130. The number of ether oxygens (including phenoxy) is 2. The van der Waals surface area contributed by atoms with E-state index in [1.54, 1.807) is 42.5 Å². The molecule has 6 nitrogen and oxygen atoms in total. The van der Waals surface area contributed by atoms with Crippen molar-refractivity contribution >= 4 is 23.2 Å². The van der Waals surface area contributed by atoms with Crippen molar-refractivity contribution < 1.29 is 27.8 Å². The van der Waals surface area contributed by atoms with E-state index in [-0.39, 0.29) is 31.1 Å². The molecule has 1 aliphatic heterocycles. The highest BCUT2D eigenvalue weighted by Crippen LogP contribution is 2.34. The molecule has 3 aromatic carbocycles. The molecule has 2 N–H and O–H groups in total. The molecule has 1 aliphatic rings. The molecule has 8 heteroatoms. The number of carbonyl (C=O) groups is 2. The molecule has 0 saturated carbocycles. The van der Waals surface area contributed by atoms with Gasteiger partial charge in [-0.05, 0) is 48.4 Å². The van der Waals surface area contributed by atoms with E-state index in [0.29, 0.717) is 28.4 Å². The average molecular weight is 424 g/mol. The molecule has 31 heavy (non-hydrogen) atoms. The minimum atomic E-state index is -0.955. The van der Waals surface area contributed by atoms with Gasteiger partial charge in [-0.1, -0.05) is 18.2 Å². The lowest BCUT2D eigenvalue weighted by molar-refractivity contribution is -0.116. The summed E-state index contributed by atoms with van der Waals surface area (Å²) in [5, 5.41) is 5.47. The van der Waals surface area contributed by atoms with Gasteiger partial charge in [0.15, 0.2) is 23.1 Å². The molecule has 0 atom stereocenters. The Morgan fingerprint density at radius 3 is 2.52 bits per heavy atom. The molecule has 0 aliphatic carbocycles. The molecule has 0 spiro atoms. The van der Waals surface area contributed by atoms with Crippen LogP contribution in [0.25, 0.3) is 0 Å². The normalized spacial score (nSPS) is 11.8. The SMILES string of the molecule is O=C(CCc1ccc(F)c(F)c1)Nc1ccccc1C(=O)Nc1ccc2c(c1)OCO2. The minimum absolute atomic E-state index is 0.0448.